The van der Waals surface area contributed by atoms with E-state index in [9.17, 15) is 4.79 Å². The van der Waals surface area contributed by atoms with Gasteiger partial charge in [-0.15, -0.1) is 5.10 Å². The molecular formula is C12H12N6O. The van der Waals surface area contributed by atoms with Crippen LogP contribution in [0.15, 0.2) is 24.3 Å². The lowest BCUT2D eigenvalue weighted by atomic mass is 10.1. The molecular weight excluding hydrogens is 244 g/mol. The molecule has 1 amide bonds. The van der Waals surface area contributed by atoms with Gasteiger partial charge < -0.3 is 11.1 Å². The van der Waals surface area contributed by atoms with Crippen LogP contribution in [0.3, 0.4) is 0 Å². The zero-order valence-corrected chi connectivity index (χ0v) is 10.2. The highest BCUT2D eigenvalue weighted by atomic mass is 16.2. The lowest BCUT2D eigenvalue weighted by molar-refractivity contribution is 0.0930. The second-order valence-corrected chi connectivity index (χ2v) is 3.97. The van der Waals surface area contributed by atoms with Gasteiger partial charge in [0.05, 0.1) is 17.7 Å². The molecule has 0 spiro atoms. The molecule has 4 N–H and O–H groups in total. The molecule has 7 nitrogen and oxygen atoms in total. The monoisotopic (exact) mass is 256 g/mol. The molecule has 0 aliphatic carbocycles. The number of benzene rings is 1. The SMILES string of the molecule is CC(NC(=O)c1nc(N)n[nH]1)c1ccc(C#N)cc1. The zero-order valence-electron chi connectivity index (χ0n) is 10.2. The molecule has 0 bridgehead atoms. The molecule has 19 heavy (non-hydrogen) atoms. The van der Waals surface area contributed by atoms with Gasteiger partial charge in [-0.25, -0.2) is 0 Å². The van der Waals surface area contributed by atoms with Gasteiger partial charge in [0, 0.05) is 0 Å². The van der Waals surface area contributed by atoms with E-state index in [1.165, 1.54) is 0 Å². The number of nitrogens with zero attached hydrogens (tertiary/aromatic N) is 3. The van der Waals surface area contributed by atoms with E-state index < -0.39 is 0 Å². The highest BCUT2D eigenvalue weighted by Crippen LogP contribution is 2.13. The van der Waals surface area contributed by atoms with Crippen LogP contribution in [-0.2, 0) is 0 Å². The van der Waals surface area contributed by atoms with E-state index in [0.717, 1.165) is 5.56 Å². The first-order valence-corrected chi connectivity index (χ1v) is 5.59. The second kappa shape index (κ2) is 5.18. The van der Waals surface area contributed by atoms with Crippen molar-refractivity contribution in [3.05, 3.63) is 41.2 Å². The average molecular weight is 256 g/mol. The number of amides is 1. The van der Waals surface area contributed by atoms with Crippen molar-refractivity contribution >= 4 is 11.9 Å². The van der Waals surface area contributed by atoms with Crippen LogP contribution in [0.25, 0.3) is 0 Å². The summed E-state index contributed by atoms with van der Waals surface area (Å²) in [6.07, 6.45) is 0. The summed E-state index contributed by atoms with van der Waals surface area (Å²) in [4.78, 5) is 15.6. The third-order valence-corrected chi connectivity index (χ3v) is 2.61. The fourth-order valence-electron chi connectivity index (χ4n) is 1.57. The van der Waals surface area contributed by atoms with Crippen molar-refractivity contribution < 1.29 is 4.79 Å². The predicted molar refractivity (Wildman–Crippen MR) is 67.8 cm³/mol. The van der Waals surface area contributed by atoms with Crippen molar-refractivity contribution in [1.29, 1.82) is 5.26 Å². The summed E-state index contributed by atoms with van der Waals surface area (Å²) in [5.74, 6) is -0.296. The number of carbonyl (C=O) groups is 1. The molecule has 0 saturated carbocycles. The van der Waals surface area contributed by atoms with Gasteiger partial charge in [0.25, 0.3) is 5.91 Å². The van der Waals surface area contributed by atoms with Crippen molar-refractivity contribution in [2.75, 3.05) is 5.73 Å². The highest BCUT2D eigenvalue weighted by Gasteiger charge is 2.14. The molecule has 0 radical (unpaired) electrons. The molecule has 96 valence electrons. The molecule has 1 unspecified atom stereocenters. The number of nitrogens with one attached hydrogen (secondary N) is 2. The molecule has 0 saturated heterocycles. The van der Waals surface area contributed by atoms with Crippen LogP contribution >= 0.6 is 0 Å². The fraction of sp³-hybridized carbons (Fsp3) is 0.167. The van der Waals surface area contributed by atoms with Gasteiger partial charge in [0.1, 0.15) is 0 Å². The Kier molecular flexibility index (Phi) is 3.43. The van der Waals surface area contributed by atoms with E-state index in [1.54, 1.807) is 24.3 Å². The fourth-order valence-corrected chi connectivity index (χ4v) is 1.57. The van der Waals surface area contributed by atoms with Crippen LogP contribution in [0, 0.1) is 11.3 Å². The number of nitrogen functional groups attached to an aromatic ring is 1. The number of nitrogens with two attached hydrogens (primary N) is 1. The van der Waals surface area contributed by atoms with E-state index in [4.69, 9.17) is 11.0 Å². The van der Waals surface area contributed by atoms with Crippen molar-refractivity contribution in [2.24, 2.45) is 0 Å². The van der Waals surface area contributed by atoms with Gasteiger partial charge in [0.2, 0.25) is 11.8 Å². The van der Waals surface area contributed by atoms with Crippen molar-refractivity contribution in [2.45, 2.75) is 13.0 Å². The summed E-state index contributed by atoms with van der Waals surface area (Å²) < 4.78 is 0. The third-order valence-electron chi connectivity index (χ3n) is 2.61. The Bertz CT molecular complexity index is 624. The Morgan fingerprint density at radius 2 is 2.16 bits per heavy atom. The van der Waals surface area contributed by atoms with Gasteiger partial charge in [0.15, 0.2) is 0 Å². The molecule has 7 heteroatoms. The molecule has 1 atom stereocenters. The first kappa shape index (κ1) is 12.6. The molecule has 0 aliphatic rings. The normalized spacial score (nSPS) is 11.6. The number of rotatable bonds is 3. The molecule has 2 aromatic rings. The van der Waals surface area contributed by atoms with E-state index in [2.05, 4.69) is 20.5 Å². The summed E-state index contributed by atoms with van der Waals surface area (Å²) >= 11 is 0. The number of carbonyl (C=O) groups excluding carboxylic acids is 1. The smallest absolute Gasteiger partial charge is 0.289 e. The second-order valence-electron chi connectivity index (χ2n) is 3.97. The van der Waals surface area contributed by atoms with Crippen molar-refractivity contribution in [1.82, 2.24) is 20.5 Å². The van der Waals surface area contributed by atoms with E-state index in [1.807, 2.05) is 13.0 Å². The van der Waals surface area contributed by atoms with Gasteiger partial charge in [-0.1, -0.05) is 12.1 Å². The number of hydrogen-bond acceptors (Lipinski definition) is 5. The Balaban J connectivity index is 2.06. The van der Waals surface area contributed by atoms with Crippen LogP contribution in [0.1, 0.15) is 34.7 Å². The lowest BCUT2D eigenvalue weighted by Gasteiger charge is -2.13. The minimum atomic E-state index is -0.388. The van der Waals surface area contributed by atoms with Crippen LogP contribution in [-0.4, -0.2) is 21.1 Å². The number of hydrogen-bond donors (Lipinski definition) is 3. The van der Waals surface area contributed by atoms with Gasteiger partial charge in [-0.2, -0.15) is 10.2 Å². The number of H-pyrrole nitrogens is 1. The zero-order chi connectivity index (χ0) is 13.8. The molecule has 0 fully saturated rings. The van der Waals surface area contributed by atoms with Crippen molar-refractivity contribution in [3.8, 4) is 6.07 Å². The summed E-state index contributed by atoms with van der Waals surface area (Å²) in [5, 5.41) is 17.5. The van der Waals surface area contributed by atoms with Crippen LogP contribution in [0.4, 0.5) is 5.95 Å². The summed E-state index contributed by atoms with van der Waals surface area (Å²) in [5.41, 5.74) is 6.79. The quantitative estimate of drug-likeness (QED) is 0.748. The van der Waals surface area contributed by atoms with E-state index >= 15 is 0 Å². The lowest BCUT2D eigenvalue weighted by Crippen LogP contribution is -2.27. The summed E-state index contributed by atoms with van der Waals surface area (Å²) in [7, 11) is 0. The standard InChI is InChI=1S/C12H12N6O/c1-7(9-4-2-8(6-13)3-5-9)15-11(19)10-16-12(14)18-17-10/h2-5,7H,1H3,(H,15,19)(H3,14,16,17,18). The first-order valence-electron chi connectivity index (χ1n) is 5.59. The molecule has 2 rings (SSSR count). The van der Waals surface area contributed by atoms with Crippen molar-refractivity contribution in [3.63, 3.8) is 0 Å². The minimum absolute atomic E-state index is 0.0242. The summed E-state index contributed by atoms with van der Waals surface area (Å²) in [6.45, 7) is 1.83. The number of nitriles is 1. The Hall–Kier alpha value is -2.88. The average Bonchev–Trinajstić information content (AvgIpc) is 2.85. The molecule has 0 aliphatic heterocycles. The predicted octanol–water partition coefficient (Wildman–Crippen LogP) is 0.750. The van der Waals surface area contributed by atoms with Crippen LogP contribution in [0.5, 0.6) is 0 Å². The minimum Gasteiger partial charge on any atom is -0.366 e. The van der Waals surface area contributed by atoms with Gasteiger partial charge in [-0.05, 0) is 24.6 Å². The Morgan fingerprint density at radius 3 is 2.68 bits per heavy atom. The largest absolute Gasteiger partial charge is 0.366 e. The molecule has 1 aromatic carbocycles. The van der Waals surface area contributed by atoms with Crippen LogP contribution in [0.2, 0.25) is 0 Å². The van der Waals surface area contributed by atoms with Crippen LogP contribution < -0.4 is 11.1 Å². The van der Waals surface area contributed by atoms with Gasteiger partial charge in [-0.3, -0.25) is 9.89 Å². The Labute approximate surface area is 109 Å². The number of aromatic nitrogens is 3. The van der Waals surface area contributed by atoms with E-state index in [0.29, 0.717) is 5.56 Å². The topological polar surface area (TPSA) is 120 Å². The molecule has 1 aromatic heterocycles. The maximum Gasteiger partial charge on any atom is 0.289 e. The molecule has 1 heterocycles. The number of aromatic amines is 1. The summed E-state index contributed by atoms with van der Waals surface area (Å²) in [6, 6.07) is 8.80. The first-order chi connectivity index (χ1) is 9.10. The number of anilines is 1. The maximum atomic E-state index is 11.8. The maximum absolute atomic E-state index is 11.8. The third kappa shape index (κ3) is 2.87. The van der Waals surface area contributed by atoms with E-state index in [-0.39, 0.29) is 23.7 Å². The van der Waals surface area contributed by atoms with Gasteiger partial charge >= 0.3 is 0 Å². The highest BCUT2D eigenvalue weighted by molar-refractivity contribution is 5.90. The Morgan fingerprint density at radius 1 is 1.47 bits per heavy atom.